The normalized spacial score (nSPS) is 22.7. The van der Waals surface area contributed by atoms with Gasteiger partial charge < -0.3 is 9.47 Å². The fourth-order valence-electron chi connectivity index (χ4n) is 3.66. The Balaban J connectivity index is 2.02. The highest BCUT2D eigenvalue weighted by Gasteiger charge is 2.43. The molecule has 1 heterocycles. The molecule has 138 valence electrons. The molecule has 1 aliphatic carbocycles. The number of nitrogens with zero attached hydrogens (tertiary/aromatic N) is 1. The van der Waals surface area contributed by atoms with Gasteiger partial charge in [-0.05, 0) is 37.5 Å². The fraction of sp³-hybridized carbons (Fsp3) is 0.450. The van der Waals surface area contributed by atoms with Gasteiger partial charge in [-0.1, -0.05) is 23.7 Å². The van der Waals surface area contributed by atoms with Crippen molar-refractivity contribution in [2.75, 3.05) is 20.3 Å². The molecule has 2 aliphatic rings. The number of ketones is 1. The Labute approximate surface area is 158 Å². The molecule has 0 amide bonds. The average Bonchev–Trinajstić information content (AvgIpc) is 2.61. The van der Waals surface area contributed by atoms with Gasteiger partial charge in [0.05, 0.1) is 6.61 Å². The van der Waals surface area contributed by atoms with E-state index in [0.29, 0.717) is 29.3 Å². The second-order valence-electron chi connectivity index (χ2n) is 6.56. The first-order valence-electron chi connectivity index (χ1n) is 8.75. The van der Waals surface area contributed by atoms with Crippen LogP contribution in [0.15, 0.2) is 40.5 Å². The van der Waals surface area contributed by atoms with Crippen LogP contribution >= 0.6 is 11.6 Å². The number of aliphatic imine (C=N–C) groups is 1. The molecule has 0 N–H and O–H groups in total. The lowest BCUT2D eigenvalue weighted by molar-refractivity contribution is -0.147. The van der Waals surface area contributed by atoms with Gasteiger partial charge in [-0.15, -0.1) is 0 Å². The second kappa shape index (κ2) is 8.14. The summed E-state index contributed by atoms with van der Waals surface area (Å²) in [4.78, 5) is 30.1. The van der Waals surface area contributed by atoms with E-state index in [1.165, 1.54) is 0 Å². The minimum atomic E-state index is -0.617. The number of hydrogen-bond acceptors (Lipinski definition) is 5. The number of hydrogen-bond donors (Lipinski definition) is 0. The highest BCUT2D eigenvalue weighted by Crippen LogP contribution is 2.43. The van der Waals surface area contributed by atoms with E-state index in [1.54, 1.807) is 19.2 Å². The zero-order valence-electron chi connectivity index (χ0n) is 15.0. The first kappa shape index (κ1) is 18.8. The Morgan fingerprint density at radius 2 is 1.96 bits per heavy atom. The van der Waals surface area contributed by atoms with Crippen LogP contribution in [0, 0.1) is 5.92 Å². The topological polar surface area (TPSA) is 65.0 Å². The van der Waals surface area contributed by atoms with E-state index in [0.717, 1.165) is 24.1 Å². The van der Waals surface area contributed by atoms with Crippen LogP contribution in [0.25, 0.3) is 0 Å². The molecule has 1 aliphatic heterocycles. The van der Waals surface area contributed by atoms with E-state index in [2.05, 4.69) is 4.99 Å². The van der Waals surface area contributed by atoms with Gasteiger partial charge in [-0.2, -0.15) is 0 Å². The number of Topliss-reactive ketones (excluding diaryl/α,β-unsaturated/α-hetero) is 1. The van der Waals surface area contributed by atoms with Gasteiger partial charge in [-0.3, -0.25) is 14.6 Å². The monoisotopic (exact) mass is 375 g/mol. The first-order chi connectivity index (χ1) is 12.5. The maximum absolute atomic E-state index is 12.8. The van der Waals surface area contributed by atoms with Crippen LogP contribution in [0.4, 0.5) is 0 Å². The second-order valence-corrected chi connectivity index (χ2v) is 6.99. The van der Waals surface area contributed by atoms with Gasteiger partial charge >= 0.3 is 5.97 Å². The Hall–Kier alpha value is -1.98. The summed E-state index contributed by atoms with van der Waals surface area (Å²) in [5, 5.41) is 0.610. The summed E-state index contributed by atoms with van der Waals surface area (Å²) in [7, 11) is 1.55. The lowest BCUT2D eigenvalue weighted by Gasteiger charge is -2.34. The summed E-state index contributed by atoms with van der Waals surface area (Å²) in [5.41, 5.74) is 3.01. The summed E-state index contributed by atoms with van der Waals surface area (Å²) in [6.07, 6.45) is 2.04. The number of carbonyl (C=O) groups is 2. The molecule has 6 heteroatoms. The molecule has 1 aromatic rings. The molecule has 0 aromatic heterocycles. The molecule has 0 radical (unpaired) electrons. The van der Waals surface area contributed by atoms with E-state index < -0.39 is 5.92 Å². The van der Waals surface area contributed by atoms with Gasteiger partial charge in [0.2, 0.25) is 0 Å². The minimum absolute atomic E-state index is 0.0668. The fourth-order valence-corrected chi connectivity index (χ4v) is 3.78. The van der Waals surface area contributed by atoms with Gasteiger partial charge in [-0.25, -0.2) is 0 Å². The standard InChI is InChI=1S/C20H22ClNO4/c1-12-17(20(24)26-11-10-25-2)18(13-6-8-14(21)9-7-13)19-15(22-12)4-3-5-16(19)23/h6-9,17-18H,3-5,10-11H2,1-2H3/t17?,18-/m1/s1. The number of halogens is 1. The summed E-state index contributed by atoms with van der Waals surface area (Å²) in [6, 6.07) is 7.29. The highest BCUT2D eigenvalue weighted by atomic mass is 35.5. The molecule has 26 heavy (non-hydrogen) atoms. The summed E-state index contributed by atoms with van der Waals surface area (Å²) >= 11 is 6.02. The number of esters is 1. The van der Waals surface area contributed by atoms with E-state index in [9.17, 15) is 9.59 Å². The van der Waals surface area contributed by atoms with Crippen molar-refractivity contribution in [3.05, 3.63) is 46.1 Å². The van der Waals surface area contributed by atoms with Crippen LogP contribution in [-0.4, -0.2) is 37.8 Å². The molecule has 3 rings (SSSR count). The average molecular weight is 376 g/mol. The van der Waals surface area contributed by atoms with Crippen molar-refractivity contribution < 1.29 is 19.1 Å². The van der Waals surface area contributed by atoms with Gasteiger partial charge in [0, 0.05) is 41.5 Å². The summed E-state index contributed by atoms with van der Waals surface area (Å²) in [6.45, 7) is 2.33. The number of allylic oxidation sites excluding steroid dienone is 2. The molecule has 1 aromatic carbocycles. The van der Waals surface area contributed by atoms with Gasteiger partial charge in [0.25, 0.3) is 0 Å². The minimum Gasteiger partial charge on any atom is -0.463 e. The Bertz CT molecular complexity index is 767. The molecule has 5 nitrogen and oxygen atoms in total. The predicted molar refractivity (Wildman–Crippen MR) is 99.5 cm³/mol. The van der Waals surface area contributed by atoms with Crippen LogP contribution in [0.3, 0.4) is 0 Å². The summed E-state index contributed by atoms with van der Waals surface area (Å²) < 4.78 is 10.3. The summed E-state index contributed by atoms with van der Waals surface area (Å²) in [5.74, 6) is -1.32. The molecular weight excluding hydrogens is 354 g/mol. The number of rotatable bonds is 5. The quantitative estimate of drug-likeness (QED) is 0.581. The van der Waals surface area contributed by atoms with Crippen molar-refractivity contribution in [2.45, 2.75) is 32.1 Å². The lowest BCUT2D eigenvalue weighted by Crippen LogP contribution is -2.37. The van der Waals surface area contributed by atoms with Crippen molar-refractivity contribution in [3.63, 3.8) is 0 Å². The van der Waals surface area contributed by atoms with Crippen LogP contribution in [0.2, 0.25) is 5.02 Å². The number of ether oxygens (including phenoxy) is 2. The van der Waals surface area contributed by atoms with Crippen LogP contribution in [-0.2, 0) is 19.1 Å². The van der Waals surface area contributed by atoms with Crippen molar-refractivity contribution in [3.8, 4) is 0 Å². The smallest absolute Gasteiger partial charge is 0.315 e. The lowest BCUT2D eigenvalue weighted by atomic mass is 9.72. The largest absolute Gasteiger partial charge is 0.463 e. The third-order valence-corrected chi connectivity index (χ3v) is 5.10. The van der Waals surface area contributed by atoms with Crippen LogP contribution in [0.5, 0.6) is 0 Å². The van der Waals surface area contributed by atoms with E-state index in [1.807, 2.05) is 19.1 Å². The SMILES string of the molecule is COCCOC(=O)C1C(C)=NC2=C(C(=O)CCC2)[C@@H]1c1ccc(Cl)cc1. The van der Waals surface area contributed by atoms with Crippen molar-refractivity contribution in [1.29, 1.82) is 0 Å². The predicted octanol–water partition coefficient (Wildman–Crippen LogP) is 3.71. The van der Waals surface area contributed by atoms with E-state index in [4.69, 9.17) is 21.1 Å². The zero-order valence-corrected chi connectivity index (χ0v) is 15.7. The molecule has 0 fully saturated rings. The van der Waals surface area contributed by atoms with Crippen LogP contribution < -0.4 is 0 Å². The number of benzene rings is 1. The highest BCUT2D eigenvalue weighted by molar-refractivity contribution is 6.30. The first-order valence-corrected chi connectivity index (χ1v) is 9.13. The molecule has 0 spiro atoms. The van der Waals surface area contributed by atoms with Crippen molar-refractivity contribution in [2.24, 2.45) is 10.9 Å². The van der Waals surface area contributed by atoms with E-state index in [-0.39, 0.29) is 24.3 Å². The Morgan fingerprint density at radius 3 is 2.65 bits per heavy atom. The third-order valence-electron chi connectivity index (χ3n) is 4.85. The molecule has 0 saturated carbocycles. The zero-order chi connectivity index (χ0) is 18.7. The molecule has 0 saturated heterocycles. The van der Waals surface area contributed by atoms with Gasteiger partial charge in [0.15, 0.2) is 5.78 Å². The molecule has 0 bridgehead atoms. The van der Waals surface area contributed by atoms with Crippen LogP contribution in [0.1, 0.15) is 37.7 Å². The van der Waals surface area contributed by atoms with Gasteiger partial charge in [0.1, 0.15) is 12.5 Å². The Kier molecular flexibility index (Phi) is 5.89. The van der Waals surface area contributed by atoms with E-state index >= 15 is 0 Å². The molecule has 1 unspecified atom stereocenters. The maximum Gasteiger partial charge on any atom is 0.315 e. The molecular formula is C20H22ClNO4. The van der Waals surface area contributed by atoms with Crippen molar-refractivity contribution >= 4 is 29.1 Å². The maximum atomic E-state index is 12.8. The molecule has 2 atom stereocenters. The number of carbonyl (C=O) groups excluding carboxylic acids is 2. The third kappa shape index (κ3) is 3.74. The number of methoxy groups -OCH3 is 1. The Morgan fingerprint density at radius 1 is 1.23 bits per heavy atom. The van der Waals surface area contributed by atoms with Crippen molar-refractivity contribution in [1.82, 2.24) is 0 Å².